The number of hydrogen-bond acceptors (Lipinski definition) is 9. The number of aliphatic hydroxyl groups is 1. The summed E-state index contributed by atoms with van der Waals surface area (Å²) in [6, 6.07) is 4.38. The van der Waals surface area contributed by atoms with Gasteiger partial charge < -0.3 is 26.0 Å². The minimum Gasteiger partial charge on any atom is -0.507 e. The fourth-order valence-corrected chi connectivity index (χ4v) is 5.90. The summed E-state index contributed by atoms with van der Waals surface area (Å²) in [5, 5.41) is 24.5. The van der Waals surface area contributed by atoms with Gasteiger partial charge in [0, 0.05) is 23.8 Å². The minimum atomic E-state index is -2.97. The molecule has 0 aliphatic heterocycles. The molecule has 11 nitrogen and oxygen atoms in total. The molecule has 3 aliphatic carbocycles. The van der Waals surface area contributed by atoms with E-state index >= 15 is 0 Å². The molecular weight excluding hydrogens is 472 g/mol. The Bertz CT molecular complexity index is 1220. The van der Waals surface area contributed by atoms with Crippen molar-refractivity contribution in [1.29, 1.82) is 0 Å². The molecule has 0 saturated heterocycles. The van der Waals surface area contributed by atoms with Crippen molar-refractivity contribution in [3.8, 4) is 5.75 Å². The van der Waals surface area contributed by atoms with Crippen molar-refractivity contribution in [2.45, 2.75) is 57.3 Å². The summed E-state index contributed by atoms with van der Waals surface area (Å²) in [5.74, 6) is -13.1. The first-order valence-electron chi connectivity index (χ1n) is 11.6. The van der Waals surface area contributed by atoms with Crippen molar-refractivity contribution < 1.29 is 43.7 Å². The Morgan fingerprint density at radius 2 is 1.78 bits per heavy atom. The highest BCUT2D eigenvalue weighted by Gasteiger charge is 2.71. The summed E-state index contributed by atoms with van der Waals surface area (Å²) in [6.07, 6.45) is -3.02. The second-order valence-corrected chi connectivity index (χ2v) is 10.8. The lowest BCUT2D eigenvalue weighted by Crippen LogP contribution is -2.73. The van der Waals surface area contributed by atoms with E-state index in [1.165, 1.54) is 12.1 Å². The van der Waals surface area contributed by atoms with Crippen molar-refractivity contribution in [3.63, 3.8) is 0 Å². The third-order valence-corrected chi connectivity index (χ3v) is 7.41. The molecule has 2 fully saturated rings. The van der Waals surface area contributed by atoms with E-state index in [9.17, 15) is 39.0 Å². The normalized spacial score (nSPS) is 33.8. The smallest absolute Gasteiger partial charge is 0.407 e. The number of fused-ring (bicyclic) bond motifs is 3. The van der Waals surface area contributed by atoms with Gasteiger partial charge in [-0.15, -0.1) is 0 Å². The van der Waals surface area contributed by atoms with Crippen LogP contribution in [-0.4, -0.2) is 62.6 Å². The van der Waals surface area contributed by atoms with Gasteiger partial charge in [-0.05, 0) is 38.3 Å². The van der Waals surface area contributed by atoms with Crippen LogP contribution in [0, 0.1) is 23.7 Å². The molecule has 7 atom stereocenters. The van der Waals surface area contributed by atoms with Gasteiger partial charge in [0.2, 0.25) is 5.91 Å². The van der Waals surface area contributed by atoms with Crippen molar-refractivity contribution >= 4 is 35.1 Å². The molecule has 4 rings (SSSR count). The number of phenols is 1. The summed E-state index contributed by atoms with van der Waals surface area (Å²) < 4.78 is 5.68. The van der Waals surface area contributed by atoms with Gasteiger partial charge in [-0.25, -0.2) is 4.79 Å². The third-order valence-electron chi connectivity index (χ3n) is 7.41. The lowest BCUT2D eigenvalue weighted by molar-refractivity contribution is -0.189. The molecule has 2 saturated carbocycles. The van der Waals surface area contributed by atoms with Crippen LogP contribution >= 0.6 is 0 Å². The molecule has 2 amide bonds. The lowest BCUT2D eigenvalue weighted by Gasteiger charge is -2.53. The van der Waals surface area contributed by atoms with Gasteiger partial charge in [-0.1, -0.05) is 19.1 Å². The van der Waals surface area contributed by atoms with Crippen LogP contribution in [0.25, 0.3) is 0 Å². The van der Waals surface area contributed by atoms with E-state index in [1.807, 2.05) is 0 Å². The van der Waals surface area contributed by atoms with E-state index in [4.69, 9.17) is 10.5 Å². The number of aromatic hydroxyl groups is 1. The fraction of sp³-hybridized carbons (Fsp3) is 0.520. The Hall–Kier alpha value is -3.60. The van der Waals surface area contributed by atoms with Crippen molar-refractivity contribution in [1.82, 2.24) is 5.32 Å². The van der Waals surface area contributed by atoms with Crippen LogP contribution in [0.4, 0.5) is 4.79 Å². The second kappa shape index (κ2) is 8.22. The molecule has 0 spiro atoms. The van der Waals surface area contributed by atoms with Crippen molar-refractivity contribution in [2.24, 2.45) is 29.4 Å². The zero-order valence-electron chi connectivity index (χ0n) is 20.2. The monoisotopic (exact) mass is 500 g/mol. The first kappa shape index (κ1) is 25.5. The number of carbonyl (C=O) groups excluding carboxylic acids is 6. The van der Waals surface area contributed by atoms with Gasteiger partial charge in [-0.3, -0.25) is 24.0 Å². The third kappa shape index (κ3) is 3.60. The Labute approximate surface area is 206 Å². The maximum Gasteiger partial charge on any atom is 0.407 e. The number of nitrogens with one attached hydrogen (secondary N) is 1. The molecular formula is C25H28N2O9. The minimum absolute atomic E-state index is 0.134. The molecule has 0 aromatic heterocycles. The van der Waals surface area contributed by atoms with Gasteiger partial charge in [-0.2, -0.15) is 0 Å². The lowest BCUT2D eigenvalue weighted by atomic mass is 9.50. The van der Waals surface area contributed by atoms with Crippen LogP contribution in [0.3, 0.4) is 0 Å². The topological polar surface area (TPSA) is 190 Å². The zero-order chi connectivity index (χ0) is 26.9. The number of benzene rings is 1. The number of hydrogen-bond donors (Lipinski definition) is 4. The summed E-state index contributed by atoms with van der Waals surface area (Å²) >= 11 is 0. The average Bonchev–Trinajstić information content (AvgIpc) is 2.74. The number of carbonyl (C=O) groups is 6. The standard InChI is InChI=1S/C25H28N2O9/c1-9-10-6-5-7-12(28)15(10)18(30)17-14(9)19(36-23(34)27-24(2,3)4)11-8-13(29)16(22(26)33)20(31)25(11,35)21(17)32/h5-7,9,11,14,16-17,19,28,35H,8H2,1-4H3,(H2,26,33)(H,27,34)/t9-,11+,14+,16?,17?,19+,25+/m0/s1. The van der Waals surface area contributed by atoms with E-state index in [2.05, 4.69) is 5.32 Å². The van der Waals surface area contributed by atoms with Crippen LogP contribution in [0.5, 0.6) is 5.75 Å². The number of amides is 2. The van der Waals surface area contributed by atoms with Gasteiger partial charge in [0.15, 0.2) is 34.7 Å². The van der Waals surface area contributed by atoms with Gasteiger partial charge in [0.25, 0.3) is 0 Å². The molecule has 1 aromatic rings. The molecule has 0 radical (unpaired) electrons. The summed E-state index contributed by atoms with van der Waals surface area (Å²) in [5.41, 5.74) is 1.78. The number of ether oxygens (including phenoxy) is 1. The molecule has 11 heteroatoms. The predicted molar refractivity (Wildman–Crippen MR) is 122 cm³/mol. The Morgan fingerprint density at radius 3 is 2.36 bits per heavy atom. The predicted octanol–water partition coefficient (Wildman–Crippen LogP) is 0.391. The van der Waals surface area contributed by atoms with Crippen LogP contribution in [0.2, 0.25) is 0 Å². The highest BCUT2D eigenvalue weighted by molar-refractivity contribution is 6.31. The van der Waals surface area contributed by atoms with E-state index in [1.54, 1.807) is 33.8 Å². The number of nitrogens with two attached hydrogens (primary N) is 1. The van der Waals surface area contributed by atoms with E-state index in [-0.39, 0.29) is 11.3 Å². The number of phenolic OH excluding ortho intramolecular Hbond substituents is 1. The maximum atomic E-state index is 13.7. The van der Waals surface area contributed by atoms with E-state index in [0.29, 0.717) is 5.56 Å². The fourth-order valence-electron chi connectivity index (χ4n) is 5.90. The maximum absolute atomic E-state index is 13.7. The Kier molecular flexibility index (Phi) is 5.82. The number of Topliss-reactive ketones (excluding diaryl/α,β-unsaturated/α-hetero) is 4. The molecule has 3 aliphatic rings. The summed E-state index contributed by atoms with van der Waals surface area (Å²) in [4.78, 5) is 78.0. The highest BCUT2D eigenvalue weighted by Crippen LogP contribution is 2.54. The molecule has 192 valence electrons. The van der Waals surface area contributed by atoms with Crippen LogP contribution in [0.1, 0.15) is 56.0 Å². The molecule has 1 aromatic carbocycles. The Morgan fingerprint density at radius 1 is 1.14 bits per heavy atom. The first-order valence-corrected chi connectivity index (χ1v) is 11.6. The van der Waals surface area contributed by atoms with Crippen LogP contribution < -0.4 is 11.1 Å². The number of rotatable bonds is 2. The second-order valence-electron chi connectivity index (χ2n) is 10.8. The highest BCUT2D eigenvalue weighted by atomic mass is 16.6. The van der Waals surface area contributed by atoms with Crippen molar-refractivity contribution in [2.75, 3.05) is 0 Å². The van der Waals surface area contributed by atoms with Gasteiger partial charge in [0.05, 0.1) is 11.5 Å². The quantitative estimate of drug-likeness (QED) is 0.416. The zero-order valence-corrected chi connectivity index (χ0v) is 20.2. The van der Waals surface area contributed by atoms with E-state index < -0.39 is 88.4 Å². The van der Waals surface area contributed by atoms with Gasteiger partial charge in [0.1, 0.15) is 11.9 Å². The summed E-state index contributed by atoms with van der Waals surface area (Å²) in [7, 11) is 0. The van der Waals surface area contributed by atoms with Crippen molar-refractivity contribution in [3.05, 3.63) is 29.3 Å². The molecule has 0 heterocycles. The van der Waals surface area contributed by atoms with Crippen LogP contribution in [0.15, 0.2) is 18.2 Å². The van der Waals surface area contributed by atoms with Crippen LogP contribution in [-0.2, 0) is 23.9 Å². The molecule has 0 bridgehead atoms. The Balaban J connectivity index is 1.91. The van der Waals surface area contributed by atoms with E-state index in [0.717, 1.165) is 0 Å². The SMILES string of the molecule is C[C@H]1c2cccc(O)c2C(=O)C2C(=O)[C@]3(O)C(=O)C(C(N)=O)C(=O)C[C@@H]3[C@@H](OC(=O)NC(C)(C)C)[C@@H]21. The average molecular weight is 501 g/mol. The number of alkyl carbamates (subject to hydrolysis) is 1. The largest absolute Gasteiger partial charge is 0.507 e. The first-order chi connectivity index (χ1) is 16.6. The summed E-state index contributed by atoms with van der Waals surface area (Å²) in [6.45, 7) is 6.73. The number of primary amides is 1. The van der Waals surface area contributed by atoms with Gasteiger partial charge >= 0.3 is 6.09 Å². The molecule has 5 N–H and O–H groups in total. The molecule has 2 unspecified atom stereocenters. The molecule has 36 heavy (non-hydrogen) atoms. The number of ketones is 4.